The van der Waals surface area contributed by atoms with E-state index in [9.17, 15) is 14.9 Å². The molecule has 0 saturated heterocycles. The van der Waals surface area contributed by atoms with Gasteiger partial charge in [0.2, 0.25) is 5.82 Å². The first kappa shape index (κ1) is 20.0. The summed E-state index contributed by atoms with van der Waals surface area (Å²) >= 11 is 5.81. The van der Waals surface area contributed by atoms with Crippen molar-refractivity contribution in [3.8, 4) is 11.6 Å². The van der Waals surface area contributed by atoms with Crippen LogP contribution in [0.1, 0.15) is 10.4 Å². The van der Waals surface area contributed by atoms with Gasteiger partial charge in [0.1, 0.15) is 11.8 Å². The minimum atomic E-state index is -0.704. The molecule has 0 saturated carbocycles. The highest BCUT2D eigenvalue weighted by Crippen LogP contribution is 2.35. The van der Waals surface area contributed by atoms with Gasteiger partial charge in [-0.15, -0.1) is 0 Å². The Morgan fingerprint density at radius 3 is 2.58 bits per heavy atom. The number of anilines is 1. The normalized spacial score (nSPS) is 10.5. The van der Waals surface area contributed by atoms with Gasteiger partial charge in [0, 0.05) is 22.2 Å². The molecule has 4 rings (SSSR count). The number of amides is 1. The van der Waals surface area contributed by atoms with Gasteiger partial charge in [0.15, 0.2) is 5.75 Å². The Balaban J connectivity index is 1.61. The first-order chi connectivity index (χ1) is 15.0. The molecule has 0 aliphatic rings. The number of hydrogen-bond acceptors (Lipinski definition) is 8. The molecule has 10 nitrogen and oxygen atoms in total. The molecule has 11 heteroatoms. The fourth-order valence-electron chi connectivity index (χ4n) is 2.75. The second kappa shape index (κ2) is 8.59. The number of carbonyl (C=O) groups is 1. The summed E-state index contributed by atoms with van der Waals surface area (Å²) in [6, 6.07) is 14.9. The van der Waals surface area contributed by atoms with Crippen LogP contribution in [-0.2, 0) is 0 Å². The van der Waals surface area contributed by atoms with Crippen molar-refractivity contribution >= 4 is 39.9 Å². The molecule has 2 heterocycles. The second-order valence-electron chi connectivity index (χ2n) is 6.15. The number of ether oxygens (including phenoxy) is 1. The molecule has 0 unspecified atom stereocenters. The number of carbonyl (C=O) groups excluding carboxylic acids is 1. The molecule has 0 aliphatic heterocycles. The average Bonchev–Trinajstić information content (AvgIpc) is 2.78. The van der Waals surface area contributed by atoms with E-state index in [1.165, 1.54) is 12.1 Å². The summed E-state index contributed by atoms with van der Waals surface area (Å²) in [7, 11) is 0. The van der Waals surface area contributed by atoms with E-state index in [0.717, 1.165) is 11.7 Å². The smallest absolute Gasteiger partial charge is 0.374 e. The number of para-hydroxylation sites is 1. The molecule has 154 valence electrons. The number of pyridine rings is 1. The molecule has 0 atom stereocenters. The highest BCUT2D eigenvalue weighted by Gasteiger charge is 2.26. The summed E-state index contributed by atoms with van der Waals surface area (Å²) in [4.78, 5) is 35.3. The molecule has 0 fully saturated rings. The van der Waals surface area contributed by atoms with E-state index < -0.39 is 16.5 Å². The zero-order chi connectivity index (χ0) is 21.8. The van der Waals surface area contributed by atoms with E-state index in [0.29, 0.717) is 16.1 Å². The van der Waals surface area contributed by atoms with E-state index in [4.69, 9.17) is 16.3 Å². The number of nitrogens with zero attached hydrogens (tertiary/aromatic N) is 4. The molecule has 2 aromatic carbocycles. The van der Waals surface area contributed by atoms with E-state index >= 15 is 0 Å². The third kappa shape index (κ3) is 4.33. The molecule has 0 spiro atoms. The SMILES string of the molecule is O=C(NNc1ncnc(Oc2cccc3cccnc23)c1[N+](=O)[O-])c1ccc(Cl)cc1. The van der Waals surface area contributed by atoms with Crippen LogP contribution in [0.2, 0.25) is 5.02 Å². The van der Waals surface area contributed by atoms with Crippen LogP contribution in [0, 0.1) is 10.1 Å². The number of fused-ring (bicyclic) bond motifs is 1. The molecule has 0 bridgehead atoms. The average molecular weight is 437 g/mol. The van der Waals surface area contributed by atoms with E-state index in [1.807, 2.05) is 12.1 Å². The van der Waals surface area contributed by atoms with Crippen molar-refractivity contribution in [1.29, 1.82) is 0 Å². The molecule has 2 N–H and O–H groups in total. The lowest BCUT2D eigenvalue weighted by atomic mass is 10.2. The van der Waals surface area contributed by atoms with Crippen molar-refractivity contribution in [1.82, 2.24) is 20.4 Å². The number of hydrazine groups is 1. The van der Waals surface area contributed by atoms with Crippen molar-refractivity contribution in [2.24, 2.45) is 0 Å². The van der Waals surface area contributed by atoms with Crippen molar-refractivity contribution in [3.63, 3.8) is 0 Å². The molecule has 4 aromatic rings. The van der Waals surface area contributed by atoms with Crippen molar-refractivity contribution in [2.45, 2.75) is 0 Å². The maximum atomic E-state index is 12.3. The predicted molar refractivity (Wildman–Crippen MR) is 113 cm³/mol. The van der Waals surface area contributed by atoms with Gasteiger partial charge in [-0.2, -0.15) is 4.98 Å². The third-order valence-electron chi connectivity index (χ3n) is 4.17. The van der Waals surface area contributed by atoms with E-state index in [2.05, 4.69) is 25.8 Å². The Labute approximate surface area is 180 Å². The first-order valence-corrected chi connectivity index (χ1v) is 9.23. The lowest BCUT2D eigenvalue weighted by molar-refractivity contribution is -0.385. The number of hydrogen-bond donors (Lipinski definition) is 2. The highest BCUT2D eigenvalue weighted by molar-refractivity contribution is 6.30. The second-order valence-corrected chi connectivity index (χ2v) is 6.59. The Kier molecular flexibility index (Phi) is 5.54. The van der Waals surface area contributed by atoms with Crippen LogP contribution in [0.15, 0.2) is 67.1 Å². The highest BCUT2D eigenvalue weighted by atomic mass is 35.5. The predicted octanol–water partition coefficient (Wildman–Crippen LogP) is 4.14. The third-order valence-corrected chi connectivity index (χ3v) is 4.43. The van der Waals surface area contributed by atoms with E-state index in [-0.39, 0.29) is 17.4 Å². The zero-order valence-electron chi connectivity index (χ0n) is 15.7. The molecule has 31 heavy (non-hydrogen) atoms. The number of rotatable bonds is 6. The maximum Gasteiger partial charge on any atom is 0.374 e. The number of aromatic nitrogens is 3. The van der Waals surface area contributed by atoms with Crippen LogP contribution in [0.3, 0.4) is 0 Å². The Hall–Kier alpha value is -4.31. The van der Waals surface area contributed by atoms with Gasteiger partial charge in [0.25, 0.3) is 5.91 Å². The quantitative estimate of drug-likeness (QED) is 0.340. The molecular weight excluding hydrogens is 424 g/mol. The number of benzene rings is 2. The van der Waals surface area contributed by atoms with Gasteiger partial charge in [0.05, 0.1) is 4.92 Å². The summed E-state index contributed by atoms with van der Waals surface area (Å²) in [5.74, 6) is -0.798. The molecule has 0 aliphatic carbocycles. The van der Waals surface area contributed by atoms with Gasteiger partial charge >= 0.3 is 11.6 Å². The number of nitro groups is 1. The minimum Gasteiger partial charge on any atom is -0.431 e. The van der Waals surface area contributed by atoms with Crippen LogP contribution in [-0.4, -0.2) is 25.8 Å². The maximum absolute atomic E-state index is 12.3. The standard InChI is InChI=1S/C20H13ClN6O4/c21-14-8-6-13(7-9-14)19(28)26-25-18-17(27(29)30)20(24-11-23-18)31-15-5-1-3-12-4-2-10-22-16(12)15/h1-11H,(H,26,28)(H,23,24,25). The largest absolute Gasteiger partial charge is 0.431 e. The van der Waals surface area contributed by atoms with Crippen LogP contribution >= 0.6 is 11.6 Å². The fourth-order valence-corrected chi connectivity index (χ4v) is 2.87. The van der Waals surface area contributed by atoms with Crippen LogP contribution < -0.4 is 15.6 Å². The number of nitrogens with one attached hydrogen (secondary N) is 2. The van der Waals surface area contributed by atoms with E-state index in [1.54, 1.807) is 36.5 Å². The van der Waals surface area contributed by atoms with Crippen LogP contribution in [0.5, 0.6) is 11.6 Å². The van der Waals surface area contributed by atoms with Gasteiger partial charge in [-0.3, -0.25) is 30.7 Å². The van der Waals surface area contributed by atoms with Crippen molar-refractivity contribution in [2.75, 3.05) is 5.43 Å². The molecule has 0 radical (unpaired) electrons. The monoisotopic (exact) mass is 436 g/mol. The van der Waals surface area contributed by atoms with Gasteiger partial charge < -0.3 is 4.74 Å². The molecule has 1 amide bonds. The van der Waals surface area contributed by atoms with Crippen LogP contribution in [0.4, 0.5) is 11.5 Å². The summed E-state index contributed by atoms with van der Waals surface area (Å²) < 4.78 is 5.71. The van der Waals surface area contributed by atoms with Gasteiger partial charge in [-0.1, -0.05) is 29.8 Å². The number of halogens is 1. The summed E-state index contributed by atoms with van der Waals surface area (Å²) in [6.07, 6.45) is 2.67. The van der Waals surface area contributed by atoms with Crippen molar-refractivity contribution in [3.05, 3.63) is 87.8 Å². The Morgan fingerprint density at radius 1 is 1.03 bits per heavy atom. The topological polar surface area (TPSA) is 132 Å². The van der Waals surface area contributed by atoms with Crippen LogP contribution in [0.25, 0.3) is 10.9 Å². The molecular formula is C20H13ClN6O4. The molecule has 2 aromatic heterocycles. The summed E-state index contributed by atoms with van der Waals surface area (Å²) in [5.41, 5.74) is 5.07. The minimum absolute atomic E-state index is 0.245. The lowest BCUT2D eigenvalue weighted by Crippen LogP contribution is -2.30. The first-order valence-electron chi connectivity index (χ1n) is 8.86. The van der Waals surface area contributed by atoms with Crippen molar-refractivity contribution < 1.29 is 14.5 Å². The fraction of sp³-hybridized carbons (Fsp3) is 0. The Bertz CT molecular complexity index is 1280. The summed E-state index contributed by atoms with van der Waals surface area (Å²) in [5, 5.41) is 13.0. The Morgan fingerprint density at radius 2 is 1.81 bits per heavy atom. The van der Waals surface area contributed by atoms with Gasteiger partial charge in [-0.05, 0) is 36.4 Å². The zero-order valence-corrected chi connectivity index (χ0v) is 16.4. The lowest BCUT2D eigenvalue weighted by Gasteiger charge is -2.11. The summed E-state index contributed by atoms with van der Waals surface area (Å²) in [6.45, 7) is 0. The van der Waals surface area contributed by atoms with Gasteiger partial charge in [-0.25, -0.2) is 4.98 Å².